The Bertz CT molecular complexity index is 687. The molecule has 0 fully saturated rings. The summed E-state index contributed by atoms with van der Waals surface area (Å²) in [5.41, 5.74) is 2.35. The normalized spacial score (nSPS) is 10.0. The minimum atomic E-state index is -0.733. The van der Waals surface area contributed by atoms with Crippen molar-refractivity contribution in [3.63, 3.8) is 0 Å². The lowest BCUT2D eigenvalue weighted by Crippen LogP contribution is -2.35. The number of rotatable bonds is 5. The van der Waals surface area contributed by atoms with Crippen LogP contribution in [0.5, 0.6) is 5.75 Å². The van der Waals surface area contributed by atoms with Crippen LogP contribution in [0.15, 0.2) is 42.7 Å². The first-order valence-electron chi connectivity index (χ1n) is 7.31. The molecule has 0 saturated heterocycles. The Hall–Kier alpha value is -2.89. The van der Waals surface area contributed by atoms with E-state index < -0.39 is 11.8 Å². The van der Waals surface area contributed by atoms with Gasteiger partial charge in [0.05, 0.1) is 12.3 Å². The third kappa shape index (κ3) is 4.81. The number of nitrogens with zero attached hydrogens (tertiary/aromatic N) is 1. The number of benzene rings is 1. The molecule has 0 radical (unpaired) electrons. The number of amides is 2. The van der Waals surface area contributed by atoms with Gasteiger partial charge in [0.1, 0.15) is 5.75 Å². The van der Waals surface area contributed by atoms with E-state index in [-0.39, 0.29) is 6.54 Å². The van der Waals surface area contributed by atoms with Crippen molar-refractivity contribution in [1.82, 2.24) is 10.3 Å². The summed E-state index contributed by atoms with van der Waals surface area (Å²) in [5, 5.41) is 5.13. The van der Waals surface area contributed by atoms with Gasteiger partial charge in [-0.1, -0.05) is 6.07 Å². The summed E-state index contributed by atoms with van der Waals surface area (Å²) in [7, 11) is 0. The number of aromatic nitrogens is 1. The van der Waals surface area contributed by atoms with E-state index in [1.54, 1.807) is 30.6 Å². The van der Waals surface area contributed by atoms with Crippen LogP contribution in [0, 0.1) is 6.92 Å². The van der Waals surface area contributed by atoms with Crippen molar-refractivity contribution in [1.29, 1.82) is 0 Å². The third-order valence-electron chi connectivity index (χ3n) is 3.09. The predicted molar refractivity (Wildman–Crippen MR) is 87.1 cm³/mol. The zero-order valence-corrected chi connectivity index (χ0v) is 13.1. The number of hydrogen-bond acceptors (Lipinski definition) is 4. The molecule has 0 aliphatic rings. The first-order valence-corrected chi connectivity index (χ1v) is 7.31. The van der Waals surface area contributed by atoms with Gasteiger partial charge in [0.15, 0.2) is 0 Å². The van der Waals surface area contributed by atoms with Gasteiger partial charge >= 0.3 is 11.8 Å². The lowest BCUT2D eigenvalue weighted by atomic mass is 10.2. The Morgan fingerprint density at radius 3 is 2.57 bits per heavy atom. The fraction of sp³-hybridized carbons (Fsp3) is 0.235. The van der Waals surface area contributed by atoms with Gasteiger partial charge in [-0.15, -0.1) is 0 Å². The van der Waals surface area contributed by atoms with Crippen molar-refractivity contribution in [3.8, 4) is 5.75 Å². The topological polar surface area (TPSA) is 80.3 Å². The molecular weight excluding hydrogens is 294 g/mol. The molecule has 0 bridgehead atoms. The van der Waals surface area contributed by atoms with E-state index in [0.717, 1.165) is 11.1 Å². The Morgan fingerprint density at radius 2 is 1.87 bits per heavy atom. The van der Waals surface area contributed by atoms with Crippen molar-refractivity contribution < 1.29 is 14.3 Å². The molecule has 0 aliphatic heterocycles. The average molecular weight is 313 g/mol. The van der Waals surface area contributed by atoms with Crippen LogP contribution < -0.4 is 15.4 Å². The molecule has 2 amide bonds. The minimum absolute atomic E-state index is 0.265. The molecule has 120 valence electrons. The molecule has 23 heavy (non-hydrogen) atoms. The van der Waals surface area contributed by atoms with Gasteiger partial charge in [-0.3, -0.25) is 14.6 Å². The highest BCUT2D eigenvalue weighted by atomic mass is 16.5. The van der Waals surface area contributed by atoms with Gasteiger partial charge in [0.25, 0.3) is 0 Å². The number of carbonyl (C=O) groups excluding carboxylic acids is 2. The molecule has 0 saturated carbocycles. The Balaban J connectivity index is 1.97. The van der Waals surface area contributed by atoms with Crippen LogP contribution in [0.1, 0.15) is 18.1 Å². The lowest BCUT2D eigenvalue weighted by Gasteiger charge is -2.12. The molecule has 0 spiro atoms. The second kappa shape index (κ2) is 7.93. The summed E-state index contributed by atoms with van der Waals surface area (Å²) >= 11 is 0. The van der Waals surface area contributed by atoms with Crippen molar-refractivity contribution in [2.24, 2.45) is 0 Å². The van der Waals surface area contributed by atoms with Gasteiger partial charge in [-0.25, -0.2) is 0 Å². The molecule has 1 aromatic carbocycles. The van der Waals surface area contributed by atoms with E-state index in [0.29, 0.717) is 18.0 Å². The number of aryl methyl sites for hydroxylation is 1. The molecule has 0 aliphatic carbocycles. The van der Waals surface area contributed by atoms with Crippen LogP contribution in [0.4, 0.5) is 5.69 Å². The van der Waals surface area contributed by atoms with Crippen LogP contribution in [-0.4, -0.2) is 23.4 Å². The molecule has 6 heteroatoms. The Labute approximate surface area is 134 Å². The zero-order valence-electron chi connectivity index (χ0n) is 13.1. The van der Waals surface area contributed by atoms with Crippen LogP contribution in [0.3, 0.4) is 0 Å². The van der Waals surface area contributed by atoms with Gasteiger partial charge in [-0.2, -0.15) is 0 Å². The zero-order chi connectivity index (χ0) is 16.7. The molecule has 2 aromatic rings. The van der Waals surface area contributed by atoms with Crippen molar-refractivity contribution >= 4 is 17.5 Å². The SMILES string of the molecule is CCOc1cc(C)ccc1NC(=O)C(=O)NCc1ccncc1. The van der Waals surface area contributed by atoms with Crippen molar-refractivity contribution in [2.45, 2.75) is 20.4 Å². The van der Waals surface area contributed by atoms with E-state index in [2.05, 4.69) is 15.6 Å². The van der Waals surface area contributed by atoms with Crippen LogP contribution in [0.2, 0.25) is 0 Å². The number of nitrogens with one attached hydrogen (secondary N) is 2. The number of pyridine rings is 1. The van der Waals surface area contributed by atoms with Crippen molar-refractivity contribution in [3.05, 3.63) is 53.9 Å². The van der Waals surface area contributed by atoms with E-state index >= 15 is 0 Å². The standard InChI is InChI=1S/C17H19N3O3/c1-3-23-15-10-12(2)4-5-14(15)20-17(22)16(21)19-11-13-6-8-18-9-7-13/h4-10H,3,11H2,1-2H3,(H,19,21)(H,20,22). The molecule has 1 heterocycles. The molecular formula is C17H19N3O3. The van der Waals surface area contributed by atoms with E-state index in [1.807, 2.05) is 26.0 Å². The van der Waals surface area contributed by atoms with Gasteiger partial charge in [0, 0.05) is 18.9 Å². The number of anilines is 1. The molecule has 0 unspecified atom stereocenters. The summed E-state index contributed by atoms with van der Waals surface area (Å²) < 4.78 is 5.47. The van der Waals surface area contributed by atoms with Crippen LogP contribution >= 0.6 is 0 Å². The summed E-state index contributed by atoms with van der Waals surface area (Å²) in [6.45, 7) is 4.52. The third-order valence-corrected chi connectivity index (χ3v) is 3.09. The van der Waals surface area contributed by atoms with Crippen LogP contribution in [-0.2, 0) is 16.1 Å². The highest BCUT2D eigenvalue weighted by molar-refractivity contribution is 6.39. The monoisotopic (exact) mass is 313 g/mol. The average Bonchev–Trinajstić information content (AvgIpc) is 2.56. The van der Waals surface area contributed by atoms with Gasteiger partial charge < -0.3 is 15.4 Å². The van der Waals surface area contributed by atoms with Gasteiger partial charge in [-0.05, 0) is 49.2 Å². The summed E-state index contributed by atoms with van der Waals surface area (Å²) in [5.74, 6) is -0.892. The van der Waals surface area contributed by atoms with E-state index in [4.69, 9.17) is 4.74 Å². The number of carbonyl (C=O) groups is 2. The second-order valence-corrected chi connectivity index (χ2v) is 4.92. The summed E-state index contributed by atoms with van der Waals surface area (Å²) in [6.07, 6.45) is 3.25. The maximum absolute atomic E-state index is 12.0. The maximum Gasteiger partial charge on any atom is 0.313 e. The lowest BCUT2D eigenvalue weighted by molar-refractivity contribution is -0.136. The molecule has 2 rings (SSSR count). The maximum atomic E-state index is 12.0. The van der Waals surface area contributed by atoms with Crippen molar-refractivity contribution in [2.75, 3.05) is 11.9 Å². The number of hydrogen-bond donors (Lipinski definition) is 2. The smallest absolute Gasteiger partial charge is 0.313 e. The van der Waals surface area contributed by atoms with E-state index in [1.165, 1.54) is 0 Å². The highest BCUT2D eigenvalue weighted by Gasteiger charge is 2.15. The first kappa shape index (κ1) is 16.5. The Morgan fingerprint density at radius 1 is 1.13 bits per heavy atom. The second-order valence-electron chi connectivity index (χ2n) is 4.92. The highest BCUT2D eigenvalue weighted by Crippen LogP contribution is 2.25. The van der Waals surface area contributed by atoms with Crippen LogP contribution in [0.25, 0.3) is 0 Å². The Kier molecular flexibility index (Phi) is 5.68. The fourth-order valence-corrected chi connectivity index (χ4v) is 1.95. The fourth-order valence-electron chi connectivity index (χ4n) is 1.95. The quantitative estimate of drug-likeness (QED) is 0.828. The largest absolute Gasteiger partial charge is 0.492 e. The molecule has 0 atom stereocenters. The van der Waals surface area contributed by atoms with E-state index in [9.17, 15) is 9.59 Å². The summed E-state index contributed by atoms with van der Waals surface area (Å²) in [4.78, 5) is 27.8. The first-order chi connectivity index (χ1) is 11.1. The number of ether oxygens (including phenoxy) is 1. The molecule has 2 N–H and O–H groups in total. The predicted octanol–water partition coefficient (Wildman–Crippen LogP) is 2.04. The molecule has 1 aromatic heterocycles. The summed E-state index contributed by atoms with van der Waals surface area (Å²) in [6, 6.07) is 8.91. The van der Waals surface area contributed by atoms with Gasteiger partial charge in [0.2, 0.25) is 0 Å². The molecule has 6 nitrogen and oxygen atoms in total. The minimum Gasteiger partial charge on any atom is -0.492 e.